The third-order valence-corrected chi connectivity index (χ3v) is 5.10. The molecule has 0 aliphatic carbocycles. The maximum absolute atomic E-state index is 12.5. The summed E-state index contributed by atoms with van der Waals surface area (Å²) >= 11 is 5.84. The molecule has 7 heteroatoms. The summed E-state index contributed by atoms with van der Waals surface area (Å²) in [6.07, 6.45) is 0. The molecule has 0 atom stereocenters. The summed E-state index contributed by atoms with van der Waals surface area (Å²) in [4.78, 5) is -0.0173. The van der Waals surface area contributed by atoms with Crippen LogP contribution in [0.1, 0.15) is 5.56 Å². The van der Waals surface area contributed by atoms with Crippen LogP contribution in [0, 0.1) is 0 Å². The number of aromatic hydroxyl groups is 1. The molecule has 0 saturated carbocycles. The van der Waals surface area contributed by atoms with Crippen molar-refractivity contribution in [3.05, 3.63) is 53.1 Å². The van der Waals surface area contributed by atoms with Crippen molar-refractivity contribution in [3.8, 4) is 5.75 Å². The molecule has 0 amide bonds. The van der Waals surface area contributed by atoms with Gasteiger partial charge in [0.25, 0.3) is 0 Å². The van der Waals surface area contributed by atoms with Crippen molar-refractivity contribution < 1.29 is 13.5 Å². The highest BCUT2D eigenvalue weighted by molar-refractivity contribution is 7.89. The Labute approximate surface area is 128 Å². The number of sulfonamides is 1. The van der Waals surface area contributed by atoms with Gasteiger partial charge in [-0.1, -0.05) is 23.7 Å². The quantitative estimate of drug-likeness (QED) is 0.845. The molecule has 0 fully saturated rings. The first kappa shape index (κ1) is 15.6. The summed E-state index contributed by atoms with van der Waals surface area (Å²) < 4.78 is 26.2. The normalized spacial score (nSPS) is 11.8. The lowest BCUT2D eigenvalue weighted by Gasteiger charge is -2.18. The summed E-state index contributed by atoms with van der Waals surface area (Å²) in [5, 5.41) is 9.54. The van der Waals surface area contributed by atoms with Crippen LogP contribution >= 0.6 is 11.6 Å². The maximum Gasteiger partial charge on any atom is 0.245 e. The fraction of sp³-hybridized carbons (Fsp3) is 0.143. The predicted molar refractivity (Wildman–Crippen MR) is 82.6 cm³/mol. The van der Waals surface area contributed by atoms with E-state index in [1.165, 1.54) is 41.7 Å². The number of benzene rings is 2. The van der Waals surface area contributed by atoms with Crippen molar-refractivity contribution >= 4 is 27.3 Å². The maximum atomic E-state index is 12.5. The summed E-state index contributed by atoms with van der Waals surface area (Å²) in [6.45, 7) is 0.161. The number of nitrogens with zero attached hydrogens (tertiary/aromatic N) is 1. The Hall–Kier alpha value is -1.76. The number of hydrogen-bond donors (Lipinski definition) is 2. The van der Waals surface area contributed by atoms with Gasteiger partial charge in [-0.25, -0.2) is 8.42 Å². The molecule has 0 aliphatic heterocycles. The zero-order chi connectivity index (χ0) is 15.6. The Morgan fingerprint density at radius 1 is 1.19 bits per heavy atom. The fourth-order valence-corrected chi connectivity index (χ4v) is 3.38. The van der Waals surface area contributed by atoms with Crippen LogP contribution in [0.5, 0.6) is 5.75 Å². The van der Waals surface area contributed by atoms with Gasteiger partial charge in [-0.3, -0.25) is 0 Å². The number of halogens is 1. The number of phenolic OH excluding ortho intramolecular Hbond substituents is 1. The predicted octanol–water partition coefficient (Wildman–Crippen LogP) is 2.45. The highest BCUT2D eigenvalue weighted by atomic mass is 35.5. The van der Waals surface area contributed by atoms with E-state index >= 15 is 0 Å². The first-order valence-corrected chi connectivity index (χ1v) is 7.92. The van der Waals surface area contributed by atoms with Crippen molar-refractivity contribution in [2.45, 2.75) is 11.4 Å². The van der Waals surface area contributed by atoms with E-state index in [0.717, 1.165) is 5.56 Å². The van der Waals surface area contributed by atoms with E-state index in [2.05, 4.69) is 0 Å². The largest absolute Gasteiger partial charge is 0.508 e. The molecule has 3 N–H and O–H groups in total. The van der Waals surface area contributed by atoms with Gasteiger partial charge >= 0.3 is 0 Å². The second-order valence-electron chi connectivity index (χ2n) is 4.61. The molecular formula is C14H15ClN2O3S. The van der Waals surface area contributed by atoms with Gasteiger partial charge in [0.2, 0.25) is 10.0 Å². The number of nitrogens with two attached hydrogens (primary N) is 1. The third-order valence-electron chi connectivity index (χ3n) is 3.01. The molecule has 0 saturated heterocycles. The topological polar surface area (TPSA) is 83.6 Å². The van der Waals surface area contributed by atoms with Gasteiger partial charge in [-0.15, -0.1) is 0 Å². The third kappa shape index (κ3) is 3.47. The molecule has 0 radical (unpaired) electrons. The van der Waals surface area contributed by atoms with Crippen molar-refractivity contribution in [2.24, 2.45) is 0 Å². The van der Waals surface area contributed by atoms with Gasteiger partial charge in [0.05, 0.1) is 5.69 Å². The zero-order valence-electron chi connectivity index (χ0n) is 11.3. The van der Waals surface area contributed by atoms with Gasteiger partial charge in [-0.2, -0.15) is 4.31 Å². The summed E-state index contributed by atoms with van der Waals surface area (Å²) in [5.41, 5.74) is 6.63. The Morgan fingerprint density at radius 3 is 2.43 bits per heavy atom. The molecule has 0 aliphatic rings. The monoisotopic (exact) mass is 326 g/mol. The average Bonchev–Trinajstić information content (AvgIpc) is 2.43. The van der Waals surface area contributed by atoms with E-state index in [1.54, 1.807) is 12.1 Å². The summed E-state index contributed by atoms with van der Waals surface area (Å²) in [5.74, 6) is 0.128. The minimum Gasteiger partial charge on any atom is -0.508 e. The number of phenols is 1. The van der Waals surface area contributed by atoms with Crippen LogP contribution in [0.2, 0.25) is 5.02 Å². The van der Waals surface area contributed by atoms with Gasteiger partial charge in [0, 0.05) is 18.6 Å². The molecule has 2 rings (SSSR count). The van der Waals surface area contributed by atoms with Gasteiger partial charge in [0.1, 0.15) is 10.6 Å². The van der Waals surface area contributed by atoms with Crippen LogP contribution in [0.15, 0.2) is 47.4 Å². The molecule has 0 bridgehead atoms. The van der Waals surface area contributed by atoms with Crippen molar-refractivity contribution in [1.82, 2.24) is 4.31 Å². The first-order chi connectivity index (χ1) is 9.80. The molecule has 2 aromatic carbocycles. The number of rotatable bonds is 4. The van der Waals surface area contributed by atoms with Crippen LogP contribution in [-0.4, -0.2) is 24.9 Å². The van der Waals surface area contributed by atoms with E-state index in [-0.39, 0.29) is 22.9 Å². The van der Waals surface area contributed by atoms with Crippen LogP contribution in [0.4, 0.5) is 5.69 Å². The summed E-state index contributed by atoms with van der Waals surface area (Å²) in [6, 6.07) is 10.7. The lowest BCUT2D eigenvalue weighted by Crippen LogP contribution is -2.27. The van der Waals surface area contributed by atoms with Gasteiger partial charge < -0.3 is 10.8 Å². The minimum absolute atomic E-state index is 0.0173. The molecule has 2 aromatic rings. The van der Waals surface area contributed by atoms with Crippen LogP contribution < -0.4 is 5.73 Å². The number of anilines is 1. The Balaban J connectivity index is 2.30. The van der Waals surface area contributed by atoms with Crippen LogP contribution in [-0.2, 0) is 16.6 Å². The van der Waals surface area contributed by atoms with E-state index in [9.17, 15) is 13.5 Å². The van der Waals surface area contributed by atoms with Crippen LogP contribution in [0.25, 0.3) is 0 Å². The van der Waals surface area contributed by atoms with E-state index < -0.39 is 10.0 Å². The van der Waals surface area contributed by atoms with Gasteiger partial charge in [-0.05, 0) is 35.9 Å². The first-order valence-electron chi connectivity index (χ1n) is 6.10. The van der Waals surface area contributed by atoms with Crippen molar-refractivity contribution in [1.29, 1.82) is 0 Å². The molecule has 21 heavy (non-hydrogen) atoms. The van der Waals surface area contributed by atoms with Crippen LogP contribution in [0.3, 0.4) is 0 Å². The molecule has 112 valence electrons. The lowest BCUT2D eigenvalue weighted by molar-refractivity contribution is 0.464. The Morgan fingerprint density at radius 2 is 1.81 bits per heavy atom. The highest BCUT2D eigenvalue weighted by Crippen LogP contribution is 2.26. The highest BCUT2D eigenvalue weighted by Gasteiger charge is 2.23. The van der Waals surface area contributed by atoms with Gasteiger partial charge in [0.15, 0.2) is 0 Å². The van der Waals surface area contributed by atoms with E-state index in [4.69, 9.17) is 17.3 Å². The fourth-order valence-electron chi connectivity index (χ4n) is 1.84. The second kappa shape index (κ2) is 5.93. The molecule has 0 unspecified atom stereocenters. The lowest BCUT2D eigenvalue weighted by atomic mass is 10.2. The molecule has 0 heterocycles. The zero-order valence-corrected chi connectivity index (χ0v) is 12.9. The van der Waals surface area contributed by atoms with E-state index in [1.807, 2.05) is 0 Å². The molecular weight excluding hydrogens is 312 g/mol. The Kier molecular flexibility index (Phi) is 4.41. The van der Waals surface area contributed by atoms with E-state index in [0.29, 0.717) is 5.02 Å². The van der Waals surface area contributed by atoms with Crippen molar-refractivity contribution in [2.75, 3.05) is 12.8 Å². The molecule has 0 spiro atoms. The standard InChI is InChI=1S/C14H15ClN2O3S/c1-17(9-10-2-5-12(18)6-3-10)21(19,20)14-8-11(15)4-7-13(14)16/h2-8,18H,9,16H2,1H3. The second-order valence-corrected chi connectivity index (χ2v) is 7.06. The SMILES string of the molecule is CN(Cc1ccc(O)cc1)S(=O)(=O)c1cc(Cl)ccc1N. The smallest absolute Gasteiger partial charge is 0.245 e. The minimum atomic E-state index is -3.74. The van der Waals surface area contributed by atoms with Crippen molar-refractivity contribution in [3.63, 3.8) is 0 Å². The Bertz CT molecular complexity index is 745. The average molecular weight is 327 g/mol. The molecule has 0 aromatic heterocycles. The number of hydrogen-bond acceptors (Lipinski definition) is 4. The molecule has 5 nitrogen and oxygen atoms in total. The summed E-state index contributed by atoms with van der Waals surface area (Å²) in [7, 11) is -2.28. The number of nitrogen functional groups attached to an aromatic ring is 1.